The Balaban J connectivity index is 2.70. The molecule has 0 aliphatic heterocycles. The molecule has 0 radical (unpaired) electrons. The van der Waals surface area contributed by atoms with Gasteiger partial charge in [-0.25, -0.2) is 4.79 Å². The Labute approximate surface area is 108 Å². The van der Waals surface area contributed by atoms with Crippen LogP contribution in [0.2, 0.25) is 5.02 Å². The van der Waals surface area contributed by atoms with Crippen molar-refractivity contribution in [2.75, 3.05) is 7.11 Å². The van der Waals surface area contributed by atoms with Gasteiger partial charge in [-0.05, 0) is 12.1 Å². The van der Waals surface area contributed by atoms with Crippen molar-refractivity contribution in [2.45, 2.75) is 0 Å². The minimum Gasteiger partial charge on any atom is -0.465 e. The van der Waals surface area contributed by atoms with Crippen molar-refractivity contribution in [2.24, 2.45) is 0 Å². The van der Waals surface area contributed by atoms with E-state index in [1.807, 2.05) is 0 Å². The summed E-state index contributed by atoms with van der Waals surface area (Å²) >= 11 is 6.06. The highest BCUT2D eigenvalue weighted by Gasteiger charge is 2.15. The minimum atomic E-state index is -0.527. The van der Waals surface area contributed by atoms with Crippen LogP contribution in [0, 0.1) is 0 Å². The molecule has 2 aromatic rings. The van der Waals surface area contributed by atoms with Crippen molar-refractivity contribution in [1.82, 2.24) is 4.98 Å². The molecule has 92 valence electrons. The number of carbonyl (C=O) groups is 1. The monoisotopic (exact) mass is 263 g/mol. The predicted octanol–water partition coefficient (Wildman–Crippen LogP) is 2.48. The van der Waals surface area contributed by atoms with Crippen LogP contribution in [0.3, 0.4) is 0 Å². The Morgan fingerprint density at radius 2 is 1.94 bits per heavy atom. The summed E-state index contributed by atoms with van der Waals surface area (Å²) in [6, 6.07) is 9.64. The van der Waals surface area contributed by atoms with Crippen molar-refractivity contribution in [3.05, 3.63) is 57.3 Å². The van der Waals surface area contributed by atoms with Gasteiger partial charge >= 0.3 is 5.97 Å². The molecule has 5 heteroatoms. The van der Waals surface area contributed by atoms with E-state index in [9.17, 15) is 9.59 Å². The third-order valence-corrected chi connectivity index (χ3v) is 2.80. The topological polar surface area (TPSA) is 59.2 Å². The first kappa shape index (κ1) is 12.4. The van der Waals surface area contributed by atoms with Crippen molar-refractivity contribution in [3.63, 3.8) is 0 Å². The zero-order valence-electron chi connectivity index (χ0n) is 9.57. The molecule has 1 aromatic heterocycles. The third kappa shape index (κ3) is 2.28. The number of carbonyl (C=O) groups excluding carboxylic acids is 1. The molecule has 18 heavy (non-hydrogen) atoms. The molecule has 0 aliphatic carbocycles. The van der Waals surface area contributed by atoms with Gasteiger partial charge in [0, 0.05) is 16.7 Å². The first-order valence-electron chi connectivity index (χ1n) is 5.20. The molecule has 4 nitrogen and oxygen atoms in total. The zero-order valence-corrected chi connectivity index (χ0v) is 10.3. The maximum Gasteiger partial charge on any atom is 0.340 e. The van der Waals surface area contributed by atoms with Crippen LogP contribution in [0.15, 0.2) is 41.2 Å². The Kier molecular flexibility index (Phi) is 3.48. The van der Waals surface area contributed by atoms with Gasteiger partial charge in [-0.1, -0.05) is 29.8 Å². The molecule has 0 bridgehead atoms. The molecule has 0 saturated carbocycles. The van der Waals surface area contributed by atoms with E-state index < -0.39 is 5.97 Å². The van der Waals surface area contributed by atoms with E-state index >= 15 is 0 Å². The van der Waals surface area contributed by atoms with Gasteiger partial charge in [-0.2, -0.15) is 0 Å². The van der Waals surface area contributed by atoms with Gasteiger partial charge in [0.05, 0.1) is 18.4 Å². The molecular formula is C13H10ClNO3. The van der Waals surface area contributed by atoms with Crippen LogP contribution in [0.25, 0.3) is 11.3 Å². The number of aromatic nitrogens is 1. The van der Waals surface area contributed by atoms with Crippen molar-refractivity contribution in [1.29, 1.82) is 0 Å². The third-order valence-electron chi connectivity index (χ3n) is 2.47. The van der Waals surface area contributed by atoms with Gasteiger partial charge in [-0.3, -0.25) is 4.79 Å². The molecule has 0 saturated heterocycles. The number of benzene rings is 1. The van der Waals surface area contributed by atoms with Crippen LogP contribution < -0.4 is 5.56 Å². The number of esters is 1. The highest BCUT2D eigenvalue weighted by Crippen LogP contribution is 2.28. The summed E-state index contributed by atoms with van der Waals surface area (Å²) < 4.78 is 4.67. The number of halogens is 1. The average Bonchev–Trinajstić information content (AvgIpc) is 2.38. The van der Waals surface area contributed by atoms with Gasteiger partial charge in [0.15, 0.2) is 0 Å². The lowest BCUT2D eigenvalue weighted by Gasteiger charge is -2.08. The fraction of sp³-hybridized carbons (Fsp3) is 0.0769. The molecule has 1 heterocycles. The average molecular weight is 264 g/mol. The molecule has 0 aliphatic rings. The normalized spacial score (nSPS) is 10.1. The van der Waals surface area contributed by atoms with E-state index in [-0.39, 0.29) is 11.1 Å². The minimum absolute atomic E-state index is 0.269. The van der Waals surface area contributed by atoms with E-state index in [0.717, 1.165) is 0 Å². The second-order valence-electron chi connectivity index (χ2n) is 3.58. The Bertz CT molecular complexity index is 649. The summed E-state index contributed by atoms with van der Waals surface area (Å²) in [5.41, 5.74) is 0.903. The Morgan fingerprint density at radius 3 is 2.61 bits per heavy atom. The van der Waals surface area contributed by atoms with Gasteiger partial charge in [-0.15, -0.1) is 0 Å². The van der Waals surface area contributed by atoms with Crippen LogP contribution in [-0.2, 0) is 4.74 Å². The largest absolute Gasteiger partial charge is 0.465 e. The molecule has 1 aromatic carbocycles. The molecule has 0 fully saturated rings. The summed E-state index contributed by atoms with van der Waals surface area (Å²) in [6.45, 7) is 0. The number of pyridine rings is 1. The summed E-state index contributed by atoms with van der Waals surface area (Å²) in [5, 5.41) is 0.449. The van der Waals surface area contributed by atoms with Gasteiger partial charge in [0.25, 0.3) is 0 Å². The number of H-pyrrole nitrogens is 1. The van der Waals surface area contributed by atoms with Crippen molar-refractivity contribution >= 4 is 17.6 Å². The highest BCUT2D eigenvalue weighted by atomic mass is 35.5. The highest BCUT2D eigenvalue weighted by molar-refractivity contribution is 6.33. The second-order valence-corrected chi connectivity index (χ2v) is 3.99. The molecule has 2 rings (SSSR count). The van der Waals surface area contributed by atoms with Crippen LogP contribution in [0.5, 0.6) is 0 Å². The lowest BCUT2D eigenvalue weighted by atomic mass is 10.1. The maximum atomic E-state index is 11.6. The van der Waals surface area contributed by atoms with Gasteiger partial charge in [0.2, 0.25) is 5.56 Å². The Morgan fingerprint density at radius 1 is 1.22 bits per heavy atom. The first-order chi connectivity index (χ1) is 8.63. The maximum absolute atomic E-state index is 11.6. The summed E-state index contributed by atoms with van der Waals surface area (Å²) in [6.07, 6.45) is 0. The first-order valence-corrected chi connectivity index (χ1v) is 5.58. The quantitative estimate of drug-likeness (QED) is 0.847. The van der Waals surface area contributed by atoms with E-state index in [1.165, 1.54) is 19.2 Å². The van der Waals surface area contributed by atoms with Gasteiger partial charge in [0.1, 0.15) is 0 Å². The SMILES string of the molecule is COC(=O)c1ccc(=O)[nH]c1-c1ccccc1Cl. The fourth-order valence-electron chi connectivity index (χ4n) is 1.63. The number of ether oxygens (including phenoxy) is 1. The van der Waals surface area contributed by atoms with Crippen LogP contribution >= 0.6 is 11.6 Å². The molecule has 0 unspecified atom stereocenters. The van der Waals surface area contributed by atoms with Crippen molar-refractivity contribution in [3.8, 4) is 11.3 Å². The smallest absolute Gasteiger partial charge is 0.340 e. The number of rotatable bonds is 2. The van der Waals surface area contributed by atoms with E-state index in [0.29, 0.717) is 16.3 Å². The lowest BCUT2D eigenvalue weighted by Crippen LogP contribution is -2.12. The number of hydrogen-bond acceptors (Lipinski definition) is 3. The molecule has 1 N–H and O–H groups in total. The summed E-state index contributed by atoms with van der Waals surface area (Å²) in [7, 11) is 1.28. The van der Waals surface area contributed by atoms with Crippen LogP contribution in [0.4, 0.5) is 0 Å². The molecule has 0 spiro atoms. The van der Waals surface area contributed by atoms with Crippen LogP contribution in [0.1, 0.15) is 10.4 Å². The van der Waals surface area contributed by atoms with Crippen LogP contribution in [-0.4, -0.2) is 18.1 Å². The molecule has 0 amide bonds. The van der Waals surface area contributed by atoms with E-state index in [4.69, 9.17) is 11.6 Å². The fourth-order valence-corrected chi connectivity index (χ4v) is 1.86. The summed E-state index contributed by atoms with van der Waals surface area (Å²) in [5.74, 6) is -0.527. The number of nitrogens with one attached hydrogen (secondary N) is 1. The predicted molar refractivity (Wildman–Crippen MR) is 68.8 cm³/mol. The molecular weight excluding hydrogens is 254 g/mol. The Hall–Kier alpha value is -2.07. The van der Waals surface area contributed by atoms with Gasteiger partial charge < -0.3 is 9.72 Å². The standard InChI is InChI=1S/C13H10ClNO3/c1-18-13(17)9-6-7-11(16)15-12(9)8-4-2-3-5-10(8)14/h2-7H,1H3,(H,15,16). The summed E-state index contributed by atoms with van der Waals surface area (Å²) in [4.78, 5) is 25.6. The van der Waals surface area contributed by atoms with E-state index in [1.54, 1.807) is 24.3 Å². The number of hydrogen-bond donors (Lipinski definition) is 1. The van der Waals surface area contributed by atoms with Crippen molar-refractivity contribution < 1.29 is 9.53 Å². The second kappa shape index (κ2) is 5.06. The number of aromatic amines is 1. The lowest BCUT2D eigenvalue weighted by molar-refractivity contribution is 0.0601. The zero-order chi connectivity index (χ0) is 13.1. The number of methoxy groups -OCH3 is 1. The molecule has 0 atom stereocenters. The van der Waals surface area contributed by atoms with E-state index in [2.05, 4.69) is 9.72 Å².